The number of halogens is 1. The molecule has 1 atom stereocenters. The zero-order chi connectivity index (χ0) is 18.8. The number of carbonyl (C=O) groups excluding carboxylic acids is 1. The molecule has 0 saturated carbocycles. The molecule has 0 radical (unpaired) electrons. The number of carbonyl (C=O) groups is 1. The van der Waals surface area contributed by atoms with E-state index in [2.05, 4.69) is 15.5 Å². The molecule has 0 bridgehead atoms. The van der Waals surface area contributed by atoms with Gasteiger partial charge in [-0.15, -0.1) is 10.2 Å². The van der Waals surface area contributed by atoms with Crippen LogP contribution in [0.1, 0.15) is 15.9 Å². The van der Waals surface area contributed by atoms with E-state index in [1.54, 1.807) is 23.6 Å². The number of thiophene rings is 1. The van der Waals surface area contributed by atoms with Crippen molar-refractivity contribution in [2.24, 2.45) is 0 Å². The number of benzene rings is 1. The molecule has 2 aromatic heterocycles. The van der Waals surface area contributed by atoms with Crippen LogP contribution in [0, 0.1) is 5.82 Å². The van der Waals surface area contributed by atoms with Crippen molar-refractivity contribution in [2.75, 3.05) is 13.7 Å². The van der Waals surface area contributed by atoms with Gasteiger partial charge in [0.15, 0.2) is 0 Å². The maximum atomic E-state index is 14.1. The number of nitrogens with zero attached hydrogens (tertiary/aromatic N) is 2. The van der Waals surface area contributed by atoms with Gasteiger partial charge in [0, 0.05) is 34.6 Å². The highest BCUT2D eigenvalue weighted by Crippen LogP contribution is 2.39. The monoisotopic (exact) mass is 385 g/mol. The molecule has 3 heterocycles. The molecule has 0 fully saturated rings. The van der Waals surface area contributed by atoms with Crippen LogP contribution in [0.15, 0.2) is 41.1 Å². The maximum Gasteiger partial charge on any atom is 0.252 e. The van der Waals surface area contributed by atoms with E-state index in [9.17, 15) is 9.18 Å². The minimum Gasteiger partial charge on any atom is -0.487 e. The molecular formula is C19H16FN3O3S. The van der Waals surface area contributed by atoms with Gasteiger partial charge in [-0.05, 0) is 29.6 Å². The van der Waals surface area contributed by atoms with Gasteiger partial charge in [-0.2, -0.15) is 11.3 Å². The Morgan fingerprint density at radius 3 is 2.96 bits per heavy atom. The lowest BCUT2D eigenvalue weighted by molar-refractivity contribution is 0.0934. The van der Waals surface area contributed by atoms with Crippen LogP contribution in [0.3, 0.4) is 0 Å². The van der Waals surface area contributed by atoms with Gasteiger partial charge < -0.3 is 14.8 Å². The number of nitrogens with one attached hydrogen (secondary N) is 1. The van der Waals surface area contributed by atoms with Crippen molar-refractivity contribution in [3.8, 4) is 22.9 Å². The van der Waals surface area contributed by atoms with Gasteiger partial charge in [0.25, 0.3) is 5.91 Å². The first-order valence-electron chi connectivity index (χ1n) is 8.31. The van der Waals surface area contributed by atoms with Gasteiger partial charge >= 0.3 is 0 Å². The van der Waals surface area contributed by atoms with Gasteiger partial charge in [0.2, 0.25) is 5.88 Å². The largest absolute Gasteiger partial charge is 0.487 e. The summed E-state index contributed by atoms with van der Waals surface area (Å²) in [5.74, 6) is 0.434. The molecule has 1 aromatic carbocycles. The summed E-state index contributed by atoms with van der Waals surface area (Å²) in [4.78, 5) is 12.1. The van der Waals surface area contributed by atoms with Crippen LogP contribution in [0.25, 0.3) is 11.3 Å². The minimum atomic E-state index is -0.368. The van der Waals surface area contributed by atoms with Crippen LogP contribution < -0.4 is 14.8 Å². The second-order valence-electron chi connectivity index (χ2n) is 6.07. The molecule has 27 heavy (non-hydrogen) atoms. The highest BCUT2D eigenvalue weighted by molar-refractivity contribution is 7.08. The summed E-state index contributed by atoms with van der Waals surface area (Å²) >= 11 is 1.46. The summed E-state index contributed by atoms with van der Waals surface area (Å²) in [7, 11) is 1.50. The quantitative estimate of drug-likeness (QED) is 0.731. The highest BCUT2D eigenvalue weighted by atomic mass is 32.1. The standard InChI is InChI=1S/C19H16FN3O3S/c1-25-17-3-2-16(22-23-17)15-8-13(20)6-12-7-14(26-18(12)15)9-21-19(24)11-4-5-27-10-11/h2-6,8,10,14H,7,9H2,1H3,(H,21,24). The Morgan fingerprint density at radius 2 is 2.26 bits per heavy atom. The zero-order valence-electron chi connectivity index (χ0n) is 14.4. The van der Waals surface area contributed by atoms with E-state index < -0.39 is 0 Å². The molecule has 1 aliphatic heterocycles. The maximum absolute atomic E-state index is 14.1. The third-order valence-corrected chi connectivity index (χ3v) is 4.94. The molecule has 0 saturated heterocycles. The summed E-state index contributed by atoms with van der Waals surface area (Å²) < 4.78 is 25.1. The summed E-state index contributed by atoms with van der Waals surface area (Å²) in [6, 6.07) is 7.96. The average molecular weight is 385 g/mol. The second kappa shape index (κ2) is 7.32. The smallest absolute Gasteiger partial charge is 0.252 e. The molecule has 3 aromatic rings. The van der Waals surface area contributed by atoms with E-state index in [4.69, 9.17) is 9.47 Å². The molecule has 8 heteroatoms. The molecule has 1 unspecified atom stereocenters. The molecule has 1 amide bonds. The van der Waals surface area contributed by atoms with E-state index in [0.717, 1.165) is 5.56 Å². The van der Waals surface area contributed by atoms with Gasteiger partial charge in [0.05, 0.1) is 19.3 Å². The Balaban J connectivity index is 1.52. The number of methoxy groups -OCH3 is 1. The zero-order valence-corrected chi connectivity index (χ0v) is 15.3. The third kappa shape index (κ3) is 3.61. The van der Waals surface area contributed by atoms with Crippen LogP contribution in [-0.4, -0.2) is 35.9 Å². The summed E-state index contributed by atoms with van der Waals surface area (Å²) in [5, 5.41) is 14.5. The molecule has 1 N–H and O–H groups in total. The second-order valence-corrected chi connectivity index (χ2v) is 6.85. The van der Waals surface area contributed by atoms with Crippen LogP contribution in [-0.2, 0) is 6.42 Å². The fourth-order valence-corrected chi connectivity index (χ4v) is 3.61. The van der Waals surface area contributed by atoms with Crippen LogP contribution in [0.4, 0.5) is 4.39 Å². The number of hydrogen-bond donors (Lipinski definition) is 1. The first kappa shape index (κ1) is 17.4. The van der Waals surface area contributed by atoms with Crippen molar-refractivity contribution in [3.63, 3.8) is 0 Å². The lowest BCUT2D eigenvalue weighted by Crippen LogP contribution is -2.34. The molecule has 0 aliphatic carbocycles. The van der Waals surface area contributed by atoms with Crippen LogP contribution in [0.5, 0.6) is 11.6 Å². The van der Waals surface area contributed by atoms with E-state index in [0.29, 0.717) is 41.4 Å². The van der Waals surface area contributed by atoms with Gasteiger partial charge in [-0.1, -0.05) is 0 Å². The summed E-state index contributed by atoms with van der Waals surface area (Å²) in [5.41, 5.74) is 2.40. The predicted molar refractivity (Wildman–Crippen MR) is 98.8 cm³/mol. The lowest BCUT2D eigenvalue weighted by Gasteiger charge is -2.13. The van der Waals surface area contributed by atoms with Crippen LogP contribution >= 0.6 is 11.3 Å². The normalized spacial score (nSPS) is 15.1. The molecular weight excluding hydrogens is 369 g/mol. The van der Waals surface area contributed by atoms with Crippen molar-refractivity contribution in [3.05, 3.63) is 58.0 Å². The van der Waals surface area contributed by atoms with Gasteiger partial charge in [-0.25, -0.2) is 4.39 Å². The number of aromatic nitrogens is 2. The van der Waals surface area contributed by atoms with Crippen molar-refractivity contribution in [1.82, 2.24) is 15.5 Å². The molecule has 0 spiro atoms. The first-order valence-corrected chi connectivity index (χ1v) is 9.26. The van der Waals surface area contributed by atoms with Crippen LogP contribution in [0.2, 0.25) is 0 Å². The Morgan fingerprint density at radius 1 is 1.37 bits per heavy atom. The van der Waals surface area contributed by atoms with E-state index in [-0.39, 0.29) is 17.8 Å². The molecule has 1 aliphatic rings. The molecule has 6 nitrogen and oxygen atoms in total. The Labute approximate surface area is 159 Å². The van der Waals surface area contributed by atoms with E-state index >= 15 is 0 Å². The highest BCUT2D eigenvalue weighted by Gasteiger charge is 2.28. The number of fused-ring (bicyclic) bond motifs is 1. The Hall–Kier alpha value is -3.00. The van der Waals surface area contributed by atoms with E-state index in [1.807, 2.05) is 5.38 Å². The average Bonchev–Trinajstić information content (AvgIpc) is 3.35. The van der Waals surface area contributed by atoms with Crippen molar-refractivity contribution >= 4 is 17.2 Å². The number of ether oxygens (including phenoxy) is 2. The third-order valence-electron chi connectivity index (χ3n) is 4.26. The number of amides is 1. The Bertz CT molecular complexity index is 961. The number of hydrogen-bond acceptors (Lipinski definition) is 6. The SMILES string of the molecule is COc1ccc(-c2cc(F)cc3c2OC(CNC(=O)c2ccsc2)C3)nn1. The predicted octanol–water partition coefficient (Wildman–Crippen LogP) is 3.09. The van der Waals surface area contributed by atoms with Gasteiger partial charge in [0.1, 0.15) is 17.7 Å². The van der Waals surface area contributed by atoms with Crippen molar-refractivity contribution in [2.45, 2.75) is 12.5 Å². The summed E-state index contributed by atoms with van der Waals surface area (Å²) in [6.45, 7) is 0.332. The Kier molecular flexibility index (Phi) is 4.72. The molecule has 138 valence electrons. The van der Waals surface area contributed by atoms with Gasteiger partial charge in [-0.3, -0.25) is 4.79 Å². The topological polar surface area (TPSA) is 73.3 Å². The minimum absolute atomic E-state index is 0.150. The first-order chi connectivity index (χ1) is 13.1. The fourth-order valence-electron chi connectivity index (χ4n) is 2.97. The summed E-state index contributed by atoms with van der Waals surface area (Å²) in [6.07, 6.45) is 0.238. The van der Waals surface area contributed by atoms with E-state index in [1.165, 1.54) is 30.6 Å². The van der Waals surface area contributed by atoms with Crippen molar-refractivity contribution < 1.29 is 18.7 Å². The molecule has 4 rings (SSSR count). The fraction of sp³-hybridized carbons (Fsp3) is 0.211. The lowest BCUT2D eigenvalue weighted by atomic mass is 10.0. The number of rotatable bonds is 5. The van der Waals surface area contributed by atoms with Crippen molar-refractivity contribution in [1.29, 1.82) is 0 Å².